The smallest absolute Gasteiger partial charge is 0.228 e. The summed E-state index contributed by atoms with van der Waals surface area (Å²) in [5, 5.41) is 5.23. The molecule has 6 heteroatoms. The standard InChI is InChI=1S/C19H21N3O2S/c23-17(12-15-2-1-11-25-15)22-9-5-19(6-10-22)13-16(18(24)21-19)14-3-7-20-8-4-14/h1-4,7-8,11,16H,5-6,9-10,12-13H2,(H,21,24)/t16-/m1/s1. The summed E-state index contributed by atoms with van der Waals surface area (Å²) in [7, 11) is 0. The second kappa shape index (κ2) is 6.59. The van der Waals surface area contributed by atoms with Crippen LogP contribution in [0.1, 0.15) is 35.6 Å². The van der Waals surface area contributed by atoms with E-state index in [4.69, 9.17) is 0 Å². The molecule has 4 rings (SSSR count). The van der Waals surface area contributed by atoms with Gasteiger partial charge in [-0.1, -0.05) is 6.07 Å². The fraction of sp³-hybridized carbons (Fsp3) is 0.421. The minimum Gasteiger partial charge on any atom is -0.350 e. The van der Waals surface area contributed by atoms with Gasteiger partial charge in [-0.15, -0.1) is 11.3 Å². The van der Waals surface area contributed by atoms with Gasteiger partial charge in [0.25, 0.3) is 0 Å². The lowest BCUT2D eigenvalue weighted by atomic mass is 9.82. The number of nitrogens with one attached hydrogen (secondary N) is 1. The van der Waals surface area contributed by atoms with Crippen molar-refractivity contribution in [3.63, 3.8) is 0 Å². The van der Waals surface area contributed by atoms with Crippen LogP contribution in [0.2, 0.25) is 0 Å². The number of carbonyl (C=O) groups excluding carboxylic acids is 2. The minimum absolute atomic E-state index is 0.101. The summed E-state index contributed by atoms with van der Waals surface area (Å²) in [6.45, 7) is 1.43. The Bertz CT molecular complexity index is 752. The monoisotopic (exact) mass is 355 g/mol. The highest BCUT2D eigenvalue weighted by atomic mass is 32.1. The molecule has 0 aliphatic carbocycles. The molecule has 1 atom stereocenters. The van der Waals surface area contributed by atoms with Gasteiger partial charge in [-0.3, -0.25) is 14.6 Å². The molecule has 2 aromatic heterocycles. The number of aromatic nitrogens is 1. The summed E-state index contributed by atoms with van der Waals surface area (Å²) in [6.07, 6.45) is 6.42. The topological polar surface area (TPSA) is 62.3 Å². The van der Waals surface area contributed by atoms with E-state index in [2.05, 4.69) is 10.3 Å². The number of hydrogen-bond donors (Lipinski definition) is 1. The number of amides is 2. The summed E-state index contributed by atoms with van der Waals surface area (Å²) in [4.78, 5) is 32.0. The van der Waals surface area contributed by atoms with Gasteiger partial charge >= 0.3 is 0 Å². The summed E-state index contributed by atoms with van der Waals surface area (Å²) >= 11 is 1.62. The van der Waals surface area contributed by atoms with Crippen LogP contribution in [-0.2, 0) is 16.0 Å². The second-order valence-corrected chi connectivity index (χ2v) is 7.98. The lowest BCUT2D eigenvalue weighted by Gasteiger charge is -2.39. The Hall–Kier alpha value is -2.21. The van der Waals surface area contributed by atoms with Gasteiger partial charge in [-0.2, -0.15) is 0 Å². The van der Waals surface area contributed by atoms with Gasteiger partial charge < -0.3 is 10.2 Å². The van der Waals surface area contributed by atoms with Crippen molar-refractivity contribution >= 4 is 23.2 Å². The number of carbonyl (C=O) groups is 2. The number of nitrogens with zero attached hydrogens (tertiary/aromatic N) is 2. The van der Waals surface area contributed by atoms with E-state index >= 15 is 0 Å². The van der Waals surface area contributed by atoms with E-state index in [0.717, 1.165) is 29.7 Å². The first-order chi connectivity index (χ1) is 12.2. The Morgan fingerprint density at radius 1 is 1.28 bits per heavy atom. The molecule has 0 bridgehead atoms. The average Bonchev–Trinajstić information content (AvgIpc) is 3.24. The Morgan fingerprint density at radius 3 is 2.72 bits per heavy atom. The molecular formula is C19H21N3O2S. The third kappa shape index (κ3) is 3.31. The fourth-order valence-corrected chi connectivity index (χ4v) is 4.63. The zero-order chi connectivity index (χ0) is 17.3. The van der Waals surface area contributed by atoms with Crippen molar-refractivity contribution < 1.29 is 9.59 Å². The van der Waals surface area contributed by atoms with E-state index in [1.54, 1.807) is 23.7 Å². The van der Waals surface area contributed by atoms with Crippen LogP contribution in [-0.4, -0.2) is 40.3 Å². The van der Waals surface area contributed by atoms with E-state index in [1.807, 2.05) is 34.5 Å². The van der Waals surface area contributed by atoms with E-state index in [0.29, 0.717) is 19.5 Å². The highest BCUT2D eigenvalue weighted by Gasteiger charge is 2.46. The molecule has 2 saturated heterocycles. The molecule has 2 aromatic rings. The maximum Gasteiger partial charge on any atom is 0.228 e. The zero-order valence-corrected chi connectivity index (χ0v) is 14.8. The third-order valence-corrected chi connectivity index (χ3v) is 6.26. The first-order valence-electron chi connectivity index (χ1n) is 8.67. The molecule has 2 aliphatic rings. The molecule has 130 valence electrons. The van der Waals surface area contributed by atoms with E-state index in [1.165, 1.54) is 0 Å². The molecule has 0 radical (unpaired) electrons. The SMILES string of the molecule is O=C1NC2(CCN(C(=O)Cc3cccs3)CC2)C[C@@H]1c1ccncc1. The molecule has 0 saturated carbocycles. The minimum atomic E-state index is -0.162. The maximum atomic E-state index is 12.5. The van der Waals surface area contributed by atoms with Gasteiger partial charge in [-0.05, 0) is 48.4 Å². The van der Waals surface area contributed by atoms with Crippen LogP contribution in [0.3, 0.4) is 0 Å². The molecule has 1 spiro atoms. The predicted molar refractivity (Wildman–Crippen MR) is 96.3 cm³/mol. The van der Waals surface area contributed by atoms with E-state index < -0.39 is 0 Å². The van der Waals surface area contributed by atoms with Crippen LogP contribution in [0.15, 0.2) is 42.0 Å². The molecule has 5 nitrogen and oxygen atoms in total. The lowest BCUT2D eigenvalue weighted by Crippen LogP contribution is -2.52. The number of pyridine rings is 1. The molecule has 0 unspecified atom stereocenters. The molecule has 2 fully saturated rings. The molecule has 2 aliphatic heterocycles. The van der Waals surface area contributed by atoms with E-state index in [9.17, 15) is 9.59 Å². The molecule has 25 heavy (non-hydrogen) atoms. The van der Waals surface area contributed by atoms with Crippen LogP contribution in [0.4, 0.5) is 0 Å². The first kappa shape index (κ1) is 16.3. The normalized spacial score (nSPS) is 22.2. The molecule has 1 N–H and O–H groups in total. The summed E-state index contributed by atoms with van der Waals surface area (Å²) in [5.74, 6) is 0.188. The number of thiophene rings is 1. The Balaban J connectivity index is 1.38. The van der Waals surface area contributed by atoms with Gasteiger partial charge in [0, 0.05) is 35.9 Å². The van der Waals surface area contributed by atoms with Crippen molar-refractivity contribution in [1.82, 2.24) is 15.2 Å². The fourth-order valence-electron chi connectivity index (χ4n) is 3.94. The highest BCUT2D eigenvalue weighted by molar-refractivity contribution is 7.10. The number of rotatable bonds is 3. The first-order valence-corrected chi connectivity index (χ1v) is 9.55. The highest BCUT2D eigenvalue weighted by Crippen LogP contribution is 2.39. The number of hydrogen-bond acceptors (Lipinski definition) is 4. The van der Waals surface area contributed by atoms with Gasteiger partial charge in [0.1, 0.15) is 0 Å². The van der Waals surface area contributed by atoms with Gasteiger partial charge in [0.15, 0.2) is 0 Å². The van der Waals surface area contributed by atoms with Gasteiger partial charge in [-0.25, -0.2) is 0 Å². The van der Waals surface area contributed by atoms with Crippen LogP contribution >= 0.6 is 11.3 Å². The quantitative estimate of drug-likeness (QED) is 0.919. The Kier molecular flexibility index (Phi) is 4.29. The van der Waals surface area contributed by atoms with Crippen molar-refractivity contribution in [3.8, 4) is 0 Å². The molecule has 0 aromatic carbocycles. The van der Waals surface area contributed by atoms with Crippen molar-refractivity contribution in [2.75, 3.05) is 13.1 Å². The average molecular weight is 355 g/mol. The van der Waals surface area contributed by atoms with Crippen LogP contribution in [0.5, 0.6) is 0 Å². The molecule has 4 heterocycles. The van der Waals surface area contributed by atoms with Crippen molar-refractivity contribution in [1.29, 1.82) is 0 Å². The molecular weight excluding hydrogens is 334 g/mol. The summed E-state index contributed by atoms with van der Waals surface area (Å²) in [5.41, 5.74) is 0.866. The van der Waals surface area contributed by atoms with Crippen LogP contribution < -0.4 is 5.32 Å². The van der Waals surface area contributed by atoms with Crippen molar-refractivity contribution in [3.05, 3.63) is 52.5 Å². The van der Waals surface area contributed by atoms with Gasteiger partial charge in [0.05, 0.1) is 12.3 Å². The Morgan fingerprint density at radius 2 is 2.04 bits per heavy atom. The summed E-state index contributed by atoms with van der Waals surface area (Å²) < 4.78 is 0. The second-order valence-electron chi connectivity index (χ2n) is 6.94. The van der Waals surface area contributed by atoms with Crippen LogP contribution in [0.25, 0.3) is 0 Å². The van der Waals surface area contributed by atoms with Crippen molar-refractivity contribution in [2.24, 2.45) is 0 Å². The lowest BCUT2D eigenvalue weighted by molar-refractivity contribution is -0.132. The zero-order valence-electron chi connectivity index (χ0n) is 14.0. The third-order valence-electron chi connectivity index (χ3n) is 5.39. The number of likely N-dealkylation sites (tertiary alicyclic amines) is 1. The van der Waals surface area contributed by atoms with E-state index in [-0.39, 0.29) is 23.3 Å². The van der Waals surface area contributed by atoms with Crippen LogP contribution in [0, 0.1) is 0 Å². The summed E-state index contributed by atoms with van der Waals surface area (Å²) in [6, 6.07) is 7.82. The van der Waals surface area contributed by atoms with Gasteiger partial charge in [0.2, 0.25) is 11.8 Å². The predicted octanol–water partition coefficient (Wildman–Crippen LogP) is 2.35. The maximum absolute atomic E-state index is 12.5. The van der Waals surface area contributed by atoms with Crippen molar-refractivity contribution in [2.45, 2.75) is 37.1 Å². The Labute approximate surface area is 151 Å². The number of piperidine rings is 1. The largest absolute Gasteiger partial charge is 0.350 e. The molecule has 2 amide bonds.